The number of ether oxygens (including phenoxy) is 1. The van der Waals surface area contributed by atoms with Gasteiger partial charge in [-0.25, -0.2) is 0 Å². The molecule has 1 aliphatic heterocycles. The zero-order valence-electron chi connectivity index (χ0n) is 11.0. The van der Waals surface area contributed by atoms with Gasteiger partial charge in [0.05, 0.1) is 12.1 Å². The first kappa shape index (κ1) is 12.7. The molecule has 5 heteroatoms. The number of fused-ring (bicyclic) bond motifs is 1. The number of nitrogen functional groups attached to an aromatic ring is 1. The van der Waals surface area contributed by atoms with Crippen LogP contribution in [0.25, 0.3) is 0 Å². The van der Waals surface area contributed by atoms with E-state index in [0.717, 1.165) is 17.8 Å². The molecule has 0 spiro atoms. The number of rotatable bonds is 4. The third kappa shape index (κ3) is 2.73. The van der Waals surface area contributed by atoms with Crippen molar-refractivity contribution < 1.29 is 9.53 Å². The van der Waals surface area contributed by atoms with Crippen LogP contribution in [0.15, 0.2) is 12.1 Å². The highest BCUT2D eigenvalue weighted by Crippen LogP contribution is 2.33. The standard InChI is InChI=1S/C13H19N3O2/c1-8(7-16(2)3)18-12-6-11-9(4-10(12)14)5-13(17)15-11/h4,6,8H,5,7,14H2,1-3H3,(H,15,17). The van der Waals surface area contributed by atoms with E-state index >= 15 is 0 Å². The fraction of sp³-hybridized carbons (Fsp3) is 0.462. The average Bonchev–Trinajstić information content (AvgIpc) is 2.56. The fourth-order valence-electron chi connectivity index (χ4n) is 2.14. The molecule has 5 nitrogen and oxygen atoms in total. The topological polar surface area (TPSA) is 67.6 Å². The molecular weight excluding hydrogens is 230 g/mol. The minimum absolute atomic E-state index is 0.00268. The molecule has 3 N–H and O–H groups in total. The third-order valence-corrected chi connectivity index (χ3v) is 2.81. The molecule has 1 unspecified atom stereocenters. The van der Waals surface area contributed by atoms with Crippen LogP contribution >= 0.6 is 0 Å². The van der Waals surface area contributed by atoms with Gasteiger partial charge in [0.1, 0.15) is 11.9 Å². The highest BCUT2D eigenvalue weighted by Gasteiger charge is 2.20. The normalized spacial score (nSPS) is 15.4. The Labute approximate surface area is 107 Å². The molecule has 0 aliphatic carbocycles. The molecule has 98 valence electrons. The summed E-state index contributed by atoms with van der Waals surface area (Å²) in [4.78, 5) is 13.3. The maximum absolute atomic E-state index is 11.3. The summed E-state index contributed by atoms with van der Waals surface area (Å²) in [5.41, 5.74) is 8.26. The molecule has 0 saturated carbocycles. The van der Waals surface area contributed by atoms with Crippen LogP contribution in [0.4, 0.5) is 11.4 Å². The molecular formula is C13H19N3O2. The number of carbonyl (C=O) groups is 1. The monoisotopic (exact) mass is 249 g/mol. The molecule has 1 atom stereocenters. The number of likely N-dealkylation sites (N-methyl/N-ethyl adjacent to an activating group) is 1. The van der Waals surface area contributed by atoms with E-state index in [4.69, 9.17) is 10.5 Å². The number of hydrogen-bond acceptors (Lipinski definition) is 4. The van der Waals surface area contributed by atoms with Crippen molar-refractivity contribution in [2.24, 2.45) is 0 Å². The quantitative estimate of drug-likeness (QED) is 0.784. The lowest BCUT2D eigenvalue weighted by Gasteiger charge is -2.20. The van der Waals surface area contributed by atoms with Gasteiger partial charge in [-0.15, -0.1) is 0 Å². The smallest absolute Gasteiger partial charge is 0.228 e. The summed E-state index contributed by atoms with van der Waals surface area (Å²) >= 11 is 0. The summed E-state index contributed by atoms with van der Waals surface area (Å²) in [5.74, 6) is 0.633. The van der Waals surface area contributed by atoms with Crippen molar-refractivity contribution in [2.75, 3.05) is 31.7 Å². The van der Waals surface area contributed by atoms with Crippen LogP contribution in [0.2, 0.25) is 0 Å². The van der Waals surface area contributed by atoms with Crippen molar-refractivity contribution >= 4 is 17.3 Å². The summed E-state index contributed by atoms with van der Waals surface area (Å²) < 4.78 is 5.80. The predicted octanol–water partition coefficient (Wildman–Crippen LogP) is 1.09. The van der Waals surface area contributed by atoms with E-state index in [0.29, 0.717) is 17.9 Å². The van der Waals surface area contributed by atoms with Crippen LogP contribution in [0.5, 0.6) is 5.75 Å². The maximum atomic E-state index is 11.3. The molecule has 0 fully saturated rings. The number of amides is 1. The van der Waals surface area contributed by atoms with E-state index in [-0.39, 0.29) is 12.0 Å². The predicted molar refractivity (Wildman–Crippen MR) is 71.8 cm³/mol. The van der Waals surface area contributed by atoms with Crippen LogP contribution in [0.3, 0.4) is 0 Å². The number of benzene rings is 1. The maximum Gasteiger partial charge on any atom is 0.228 e. The van der Waals surface area contributed by atoms with Crippen molar-refractivity contribution in [1.29, 1.82) is 0 Å². The Morgan fingerprint density at radius 3 is 2.89 bits per heavy atom. The van der Waals surface area contributed by atoms with Crippen LogP contribution in [0, 0.1) is 0 Å². The van der Waals surface area contributed by atoms with E-state index in [2.05, 4.69) is 10.2 Å². The number of anilines is 2. The Morgan fingerprint density at radius 1 is 1.50 bits per heavy atom. The van der Waals surface area contributed by atoms with Gasteiger partial charge in [0.25, 0.3) is 0 Å². The second-order valence-electron chi connectivity index (χ2n) is 4.96. The molecule has 0 aromatic heterocycles. The Bertz CT molecular complexity index is 472. The van der Waals surface area contributed by atoms with Crippen molar-refractivity contribution in [2.45, 2.75) is 19.4 Å². The summed E-state index contributed by atoms with van der Waals surface area (Å²) in [5, 5.41) is 2.79. The van der Waals surface area contributed by atoms with E-state index in [1.807, 2.05) is 33.2 Å². The van der Waals surface area contributed by atoms with Crippen molar-refractivity contribution in [3.05, 3.63) is 17.7 Å². The second-order valence-corrected chi connectivity index (χ2v) is 4.96. The molecule has 0 radical (unpaired) electrons. The first-order valence-corrected chi connectivity index (χ1v) is 5.99. The lowest BCUT2D eigenvalue weighted by molar-refractivity contribution is -0.115. The minimum atomic E-state index is 0.00268. The number of nitrogens with zero attached hydrogens (tertiary/aromatic N) is 1. The van der Waals surface area contributed by atoms with Gasteiger partial charge < -0.3 is 20.7 Å². The first-order valence-electron chi connectivity index (χ1n) is 5.99. The summed E-state index contributed by atoms with van der Waals surface area (Å²) in [6.45, 7) is 2.80. The minimum Gasteiger partial charge on any atom is -0.487 e. The molecule has 18 heavy (non-hydrogen) atoms. The molecule has 0 saturated heterocycles. The number of carbonyl (C=O) groups excluding carboxylic acids is 1. The Morgan fingerprint density at radius 2 is 2.22 bits per heavy atom. The SMILES string of the molecule is CC(CN(C)C)Oc1cc2c(cc1N)CC(=O)N2. The Hall–Kier alpha value is -1.75. The van der Waals surface area contributed by atoms with Gasteiger partial charge >= 0.3 is 0 Å². The van der Waals surface area contributed by atoms with E-state index in [1.165, 1.54) is 0 Å². The zero-order valence-corrected chi connectivity index (χ0v) is 11.0. The van der Waals surface area contributed by atoms with Crippen LogP contribution in [-0.4, -0.2) is 37.6 Å². The molecule has 2 rings (SSSR count). The lowest BCUT2D eigenvalue weighted by atomic mass is 10.1. The van der Waals surface area contributed by atoms with Gasteiger partial charge in [0, 0.05) is 18.3 Å². The molecule has 1 aromatic rings. The second kappa shape index (κ2) is 4.86. The lowest BCUT2D eigenvalue weighted by Crippen LogP contribution is -2.28. The number of hydrogen-bond donors (Lipinski definition) is 2. The summed E-state index contributed by atoms with van der Waals surface area (Å²) in [7, 11) is 3.98. The van der Waals surface area contributed by atoms with Crippen LogP contribution in [-0.2, 0) is 11.2 Å². The molecule has 1 aliphatic rings. The largest absolute Gasteiger partial charge is 0.487 e. The van der Waals surface area contributed by atoms with Gasteiger partial charge in [-0.3, -0.25) is 4.79 Å². The van der Waals surface area contributed by atoms with Crippen LogP contribution in [0.1, 0.15) is 12.5 Å². The third-order valence-electron chi connectivity index (χ3n) is 2.81. The fourth-order valence-corrected chi connectivity index (χ4v) is 2.14. The van der Waals surface area contributed by atoms with Gasteiger partial charge in [-0.1, -0.05) is 0 Å². The average molecular weight is 249 g/mol. The highest BCUT2D eigenvalue weighted by atomic mass is 16.5. The van der Waals surface area contributed by atoms with Gasteiger partial charge in [0.15, 0.2) is 0 Å². The van der Waals surface area contributed by atoms with E-state index in [1.54, 1.807) is 0 Å². The first-order chi connectivity index (χ1) is 8.45. The Kier molecular flexibility index (Phi) is 3.43. The van der Waals surface area contributed by atoms with Crippen molar-refractivity contribution in [1.82, 2.24) is 4.90 Å². The molecule has 0 bridgehead atoms. The van der Waals surface area contributed by atoms with Gasteiger partial charge in [0.2, 0.25) is 5.91 Å². The van der Waals surface area contributed by atoms with E-state index < -0.39 is 0 Å². The summed E-state index contributed by atoms with van der Waals surface area (Å²) in [6, 6.07) is 3.62. The number of nitrogens with two attached hydrogens (primary N) is 1. The molecule has 1 heterocycles. The van der Waals surface area contributed by atoms with Crippen LogP contribution < -0.4 is 15.8 Å². The van der Waals surface area contributed by atoms with E-state index in [9.17, 15) is 4.79 Å². The highest BCUT2D eigenvalue weighted by molar-refractivity contribution is 6.00. The van der Waals surface area contributed by atoms with Gasteiger partial charge in [-0.05, 0) is 32.6 Å². The van der Waals surface area contributed by atoms with Gasteiger partial charge in [-0.2, -0.15) is 0 Å². The summed E-state index contributed by atoms with van der Waals surface area (Å²) in [6.07, 6.45) is 0.435. The molecule has 1 amide bonds. The van der Waals surface area contributed by atoms with Crippen molar-refractivity contribution in [3.8, 4) is 5.75 Å². The molecule has 1 aromatic carbocycles. The zero-order chi connectivity index (χ0) is 13.3. The Balaban J connectivity index is 2.15. The van der Waals surface area contributed by atoms with Crippen molar-refractivity contribution in [3.63, 3.8) is 0 Å². The number of nitrogens with one attached hydrogen (secondary N) is 1.